The second-order valence-electron chi connectivity index (χ2n) is 3.97. The zero-order chi connectivity index (χ0) is 12.5. The Morgan fingerprint density at radius 2 is 2.12 bits per heavy atom. The molecule has 5 heteroatoms. The average Bonchev–Trinajstić information content (AvgIpc) is 2.71. The number of thiophene rings is 1. The van der Waals surface area contributed by atoms with Crippen LogP contribution in [0.4, 0.5) is 0 Å². The number of fused-ring (bicyclic) bond motifs is 1. The van der Waals surface area contributed by atoms with E-state index in [-0.39, 0.29) is 11.5 Å². The summed E-state index contributed by atoms with van der Waals surface area (Å²) >= 11 is 1.57. The van der Waals surface area contributed by atoms with E-state index in [2.05, 4.69) is 0 Å². The van der Waals surface area contributed by atoms with Crippen molar-refractivity contribution in [2.75, 3.05) is 5.75 Å². The summed E-state index contributed by atoms with van der Waals surface area (Å²) < 4.78 is 24.3. The zero-order valence-corrected chi connectivity index (χ0v) is 11.3. The molecule has 0 aliphatic rings. The van der Waals surface area contributed by atoms with Crippen molar-refractivity contribution in [3.05, 3.63) is 34.7 Å². The predicted octanol–water partition coefficient (Wildman–Crippen LogP) is 2.29. The van der Waals surface area contributed by atoms with Crippen molar-refractivity contribution in [1.82, 2.24) is 0 Å². The maximum absolute atomic E-state index is 11.6. The maximum atomic E-state index is 11.6. The molecule has 1 aromatic carbocycles. The minimum Gasteiger partial charge on any atom is -0.326 e. The van der Waals surface area contributed by atoms with Gasteiger partial charge in [0.1, 0.15) is 0 Å². The number of hydrogen-bond acceptors (Lipinski definition) is 4. The second-order valence-corrected chi connectivity index (χ2v) is 7.24. The average molecular weight is 269 g/mol. The van der Waals surface area contributed by atoms with Crippen LogP contribution in [0.3, 0.4) is 0 Å². The van der Waals surface area contributed by atoms with Gasteiger partial charge in [0.05, 0.1) is 5.75 Å². The van der Waals surface area contributed by atoms with Crippen LogP contribution >= 0.6 is 11.3 Å². The first-order chi connectivity index (χ1) is 8.05. The quantitative estimate of drug-likeness (QED) is 0.926. The van der Waals surface area contributed by atoms with E-state index in [1.165, 1.54) is 0 Å². The van der Waals surface area contributed by atoms with Crippen LogP contribution in [-0.4, -0.2) is 14.2 Å². The standard InChI is InChI=1S/C12H15NO2S2/c1-2-17(14,15)8-10-7-16-12-5-9(6-13)3-4-11(10)12/h3-5,7H,2,6,8,13H2,1H3. The Morgan fingerprint density at radius 1 is 1.35 bits per heavy atom. The van der Waals surface area contributed by atoms with Gasteiger partial charge < -0.3 is 5.73 Å². The first kappa shape index (κ1) is 12.5. The summed E-state index contributed by atoms with van der Waals surface area (Å²) in [5.41, 5.74) is 7.55. The van der Waals surface area contributed by atoms with E-state index in [4.69, 9.17) is 5.73 Å². The number of hydrogen-bond donors (Lipinski definition) is 1. The van der Waals surface area contributed by atoms with Gasteiger partial charge in [-0.05, 0) is 28.0 Å². The van der Waals surface area contributed by atoms with Crippen LogP contribution in [0.2, 0.25) is 0 Å². The Kier molecular flexibility index (Phi) is 3.51. The third-order valence-electron chi connectivity index (χ3n) is 2.77. The molecule has 0 saturated heterocycles. The Hall–Kier alpha value is -0.910. The lowest BCUT2D eigenvalue weighted by Crippen LogP contribution is -2.05. The fraction of sp³-hybridized carbons (Fsp3) is 0.333. The van der Waals surface area contributed by atoms with E-state index in [1.54, 1.807) is 18.3 Å². The molecule has 17 heavy (non-hydrogen) atoms. The smallest absolute Gasteiger partial charge is 0.154 e. The highest BCUT2D eigenvalue weighted by atomic mass is 32.2. The summed E-state index contributed by atoms with van der Waals surface area (Å²) in [6.07, 6.45) is 0. The summed E-state index contributed by atoms with van der Waals surface area (Å²) in [6.45, 7) is 2.19. The van der Waals surface area contributed by atoms with Gasteiger partial charge in [-0.15, -0.1) is 11.3 Å². The van der Waals surface area contributed by atoms with Crippen molar-refractivity contribution in [2.24, 2.45) is 5.73 Å². The Bertz CT molecular complexity index is 629. The van der Waals surface area contributed by atoms with Gasteiger partial charge in [0, 0.05) is 17.0 Å². The lowest BCUT2D eigenvalue weighted by atomic mass is 10.1. The van der Waals surface area contributed by atoms with Crippen LogP contribution in [0, 0.1) is 0 Å². The molecule has 0 unspecified atom stereocenters. The van der Waals surface area contributed by atoms with Crippen molar-refractivity contribution >= 4 is 31.3 Å². The summed E-state index contributed by atoms with van der Waals surface area (Å²) in [7, 11) is -2.97. The van der Waals surface area contributed by atoms with Crippen LogP contribution in [0.5, 0.6) is 0 Å². The summed E-state index contributed by atoms with van der Waals surface area (Å²) in [5.74, 6) is 0.316. The van der Waals surface area contributed by atoms with Gasteiger partial charge >= 0.3 is 0 Å². The zero-order valence-electron chi connectivity index (χ0n) is 9.64. The molecule has 0 saturated carbocycles. The lowest BCUT2D eigenvalue weighted by molar-refractivity contribution is 0.596. The van der Waals surface area contributed by atoms with E-state index < -0.39 is 9.84 Å². The molecule has 0 spiro atoms. The van der Waals surface area contributed by atoms with E-state index in [0.29, 0.717) is 6.54 Å². The molecule has 0 bridgehead atoms. The molecule has 0 aliphatic heterocycles. The van der Waals surface area contributed by atoms with Gasteiger partial charge in [-0.25, -0.2) is 8.42 Å². The largest absolute Gasteiger partial charge is 0.326 e. The third-order valence-corrected chi connectivity index (χ3v) is 5.40. The van der Waals surface area contributed by atoms with E-state index >= 15 is 0 Å². The summed E-state index contributed by atoms with van der Waals surface area (Å²) in [4.78, 5) is 0. The molecule has 0 radical (unpaired) electrons. The fourth-order valence-corrected chi connectivity index (χ4v) is 3.75. The minimum absolute atomic E-state index is 0.130. The Morgan fingerprint density at radius 3 is 2.76 bits per heavy atom. The molecular formula is C12H15NO2S2. The molecule has 0 aliphatic carbocycles. The first-order valence-electron chi connectivity index (χ1n) is 5.45. The molecule has 0 atom stereocenters. The normalized spacial score (nSPS) is 12.1. The topological polar surface area (TPSA) is 60.2 Å². The van der Waals surface area contributed by atoms with Crippen LogP contribution in [0.15, 0.2) is 23.6 Å². The molecule has 2 aromatic rings. The van der Waals surface area contributed by atoms with Gasteiger partial charge in [0.2, 0.25) is 0 Å². The second kappa shape index (κ2) is 4.76. The highest BCUT2D eigenvalue weighted by Crippen LogP contribution is 2.28. The third kappa shape index (κ3) is 2.68. The van der Waals surface area contributed by atoms with Gasteiger partial charge in [-0.2, -0.15) is 0 Å². The SMILES string of the molecule is CCS(=O)(=O)Cc1csc2cc(CN)ccc12. The minimum atomic E-state index is -2.97. The molecule has 1 heterocycles. The van der Waals surface area contributed by atoms with Gasteiger partial charge in [0.25, 0.3) is 0 Å². The van der Waals surface area contributed by atoms with E-state index in [1.807, 2.05) is 23.6 Å². The maximum Gasteiger partial charge on any atom is 0.154 e. The highest BCUT2D eigenvalue weighted by molar-refractivity contribution is 7.90. The van der Waals surface area contributed by atoms with Gasteiger partial charge in [-0.1, -0.05) is 19.1 Å². The van der Waals surface area contributed by atoms with Crippen LogP contribution in [-0.2, 0) is 22.1 Å². The number of nitrogens with two attached hydrogens (primary N) is 1. The lowest BCUT2D eigenvalue weighted by Gasteiger charge is -2.01. The molecule has 3 nitrogen and oxygen atoms in total. The van der Waals surface area contributed by atoms with Crippen LogP contribution < -0.4 is 5.73 Å². The molecule has 0 amide bonds. The Balaban J connectivity index is 2.44. The van der Waals surface area contributed by atoms with E-state index in [0.717, 1.165) is 21.2 Å². The highest BCUT2D eigenvalue weighted by Gasteiger charge is 2.13. The van der Waals surface area contributed by atoms with Crippen LogP contribution in [0.25, 0.3) is 10.1 Å². The van der Waals surface area contributed by atoms with Crippen molar-refractivity contribution in [1.29, 1.82) is 0 Å². The van der Waals surface area contributed by atoms with Crippen LogP contribution in [0.1, 0.15) is 18.1 Å². The van der Waals surface area contributed by atoms with Crippen molar-refractivity contribution in [3.63, 3.8) is 0 Å². The molecule has 2 N–H and O–H groups in total. The number of benzene rings is 1. The summed E-state index contributed by atoms with van der Waals surface area (Å²) in [5, 5.41) is 2.96. The van der Waals surface area contributed by atoms with E-state index in [9.17, 15) is 8.42 Å². The number of rotatable bonds is 4. The predicted molar refractivity (Wildman–Crippen MR) is 72.9 cm³/mol. The number of sulfone groups is 1. The first-order valence-corrected chi connectivity index (χ1v) is 8.15. The monoisotopic (exact) mass is 269 g/mol. The molecule has 0 fully saturated rings. The van der Waals surface area contributed by atoms with Crippen molar-refractivity contribution < 1.29 is 8.42 Å². The fourth-order valence-electron chi connectivity index (χ4n) is 1.71. The Labute approximate surface area is 105 Å². The molecule has 2 rings (SSSR count). The molecule has 92 valence electrons. The van der Waals surface area contributed by atoms with Crippen molar-refractivity contribution in [3.8, 4) is 0 Å². The van der Waals surface area contributed by atoms with Gasteiger partial charge in [-0.3, -0.25) is 0 Å². The molecule has 1 aromatic heterocycles. The summed E-state index contributed by atoms with van der Waals surface area (Å²) in [6, 6.07) is 5.95. The van der Waals surface area contributed by atoms with Crippen molar-refractivity contribution in [2.45, 2.75) is 19.2 Å². The molecular weight excluding hydrogens is 254 g/mol. The van der Waals surface area contributed by atoms with Gasteiger partial charge in [0.15, 0.2) is 9.84 Å².